The molecule has 0 bridgehead atoms. The number of hydrogen-bond acceptors (Lipinski definition) is 2. The summed E-state index contributed by atoms with van der Waals surface area (Å²) in [5.41, 5.74) is 5.10. The summed E-state index contributed by atoms with van der Waals surface area (Å²) in [5.74, 6) is 0. The van der Waals surface area contributed by atoms with Gasteiger partial charge in [0.2, 0.25) is 0 Å². The van der Waals surface area contributed by atoms with Crippen LogP contribution in [0, 0.1) is 0 Å². The maximum atomic E-state index is 8.14. The highest BCUT2D eigenvalue weighted by Gasteiger charge is 1.85. The summed E-state index contributed by atoms with van der Waals surface area (Å²) in [4.78, 5) is 0. The molecule has 0 saturated carbocycles. The molecule has 0 spiro atoms. The van der Waals surface area contributed by atoms with Crippen LogP contribution in [0.3, 0.4) is 0 Å². The first kappa shape index (κ1) is 5.66. The standard InChI is InChI=1S/C4H9NO/c1-2-4(5)3-6/h2,4,6H,1,3,5H2. The summed E-state index contributed by atoms with van der Waals surface area (Å²) in [6, 6.07) is -0.245. The van der Waals surface area contributed by atoms with Crippen LogP contribution in [0.15, 0.2) is 12.7 Å². The van der Waals surface area contributed by atoms with E-state index in [0.717, 1.165) is 0 Å². The average molecular weight is 87.1 g/mol. The highest BCUT2D eigenvalue weighted by molar-refractivity contribution is 4.80. The van der Waals surface area contributed by atoms with Crippen molar-refractivity contribution in [3.8, 4) is 0 Å². The molecular formula is C4H9NO. The van der Waals surface area contributed by atoms with E-state index < -0.39 is 0 Å². The van der Waals surface area contributed by atoms with Crippen LogP contribution in [0.2, 0.25) is 0 Å². The molecule has 0 aromatic rings. The molecule has 0 rings (SSSR count). The van der Waals surface area contributed by atoms with Crippen LogP contribution in [0.4, 0.5) is 0 Å². The number of rotatable bonds is 2. The van der Waals surface area contributed by atoms with Crippen molar-refractivity contribution in [2.24, 2.45) is 5.73 Å². The highest BCUT2D eigenvalue weighted by Crippen LogP contribution is 1.70. The molecule has 36 valence electrons. The molecule has 0 aliphatic carbocycles. The van der Waals surface area contributed by atoms with E-state index in [1.165, 1.54) is 6.08 Å². The van der Waals surface area contributed by atoms with Crippen molar-refractivity contribution in [1.29, 1.82) is 0 Å². The van der Waals surface area contributed by atoms with Crippen molar-refractivity contribution < 1.29 is 5.11 Å². The maximum Gasteiger partial charge on any atom is 0.0618 e. The Hall–Kier alpha value is -0.340. The topological polar surface area (TPSA) is 46.2 Å². The fourth-order valence-electron chi connectivity index (χ4n) is 0.0745. The van der Waals surface area contributed by atoms with Crippen LogP contribution < -0.4 is 5.73 Å². The number of hydrogen-bond donors (Lipinski definition) is 2. The third kappa shape index (κ3) is 1.93. The van der Waals surface area contributed by atoms with Crippen molar-refractivity contribution >= 4 is 0 Å². The van der Waals surface area contributed by atoms with Gasteiger partial charge in [-0.3, -0.25) is 0 Å². The van der Waals surface area contributed by atoms with Crippen LogP contribution in [0.25, 0.3) is 0 Å². The molecule has 0 amide bonds. The highest BCUT2D eigenvalue weighted by atomic mass is 16.3. The average Bonchev–Trinajstić information content (AvgIpc) is 1.65. The molecule has 0 aliphatic rings. The lowest BCUT2D eigenvalue weighted by atomic mass is 10.3. The molecule has 3 N–H and O–H groups in total. The van der Waals surface area contributed by atoms with Crippen LogP contribution in [-0.4, -0.2) is 17.8 Å². The zero-order chi connectivity index (χ0) is 4.99. The summed E-state index contributed by atoms with van der Waals surface area (Å²) in [6.45, 7) is 3.34. The second-order valence-electron chi connectivity index (χ2n) is 1.08. The molecule has 1 unspecified atom stereocenters. The van der Waals surface area contributed by atoms with Crippen molar-refractivity contribution in [3.05, 3.63) is 12.7 Å². The molecule has 1 atom stereocenters. The van der Waals surface area contributed by atoms with Crippen molar-refractivity contribution in [2.75, 3.05) is 6.61 Å². The van der Waals surface area contributed by atoms with Gasteiger partial charge in [-0.25, -0.2) is 0 Å². The molecule has 2 heteroatoms. The predicted octanol–water partition coefficient (Wildman–Crippen LogP) is -0.508. The van der Waals surface area contributed by atoms with Gasteiger partial charge < -0.3 is 10.8 Å². The third-order valence-corrected chi connectivity index (χ3v) is 0.514. The lowest BCUT2D eigenvalue weighted by Crippen LogP contribution is -2.20. The van der Waals surface area contributed by atoms with E-state index in [2.05, 4.69) is 6.58 Å². The second kappa shape index (κ2) is 2.87. The minimum absolute atomic E-state index is 0.0104. The third-order valence-electron chi connectivity index (χ3n) is 0.514. The quantitative estimate of drug-likeness (QED) is 0.446. The van der Waals surface area contributed by atoms with Gasteiger partial charge in [-0.15, -0.1) is 6.58 Å². The molecule has 6 heavy (non-hydrogen) atoms. The Balaban J connectivity index is 2.96. The van der Waals surface area contributed by atoms with E-state index in [9.17, 15) is 0 Å². The van der Waals surface area contributed by atoms with Gasteiger partial charge in [0.05, 0.1) is 6.61 Å². The van der Waals surface area contributed by atoms with Gasteiger partial charge in [0.25, 0.3) is 0 Å². The number of aliphatic hydroxyl groups excluding tert-OH is 1. The largest absolute Gasteiger partial charge is 0.394 e. The first-order chi connectivity index (χ1) is 2.81. The molecule has 0 radical (unpaired) electrons. The molecule has 2 nitrogen and oxygen atoms in total. The molecular weight excluding hydrogens is 78.0 g/mol. The van der Waals surface area contributed by atoms with Gasteiger partial charge in [0.1, 0.15) is 0 Å². The van der Waals surface area contributed by atoms with Crippen molar-refractivity contribution in [1.82, 2.24) is 0 Å². The van der Waals surface area contributed by atoms with Gasteiger partial charge in [-0.1, -0.05) is 6.08 Å². The monoisotopic (exact) mass is 87.1 g/mol. The molecule has 0 saturated heterocycles. The summed E-state index contributed by atoms with van der Waals surface area (Å²) < 4.78 is 0. The summed E-state index contributed by atoms with van der Waals surface area (Å²) in [6.07, 6.45) is 1.50. The van der Waals surface area contributed by atoms with Crippen LogP contribution >= 0.6 is 0 Å². The maximum absolute atomic E-state index is 8.14. The Bertz CT molecular complexity index is 44.8. The van der Waals surface area contributed by atoms with Crippen molar-refractivity contribution in [2.45, 2.75) is 6.04 Å². The smallest absolute Gasteiger partial charge is 0.0618 e. The molecule has 0 aromatic carbocycles. The van der Waals surface area contributed by atoms with Crippen LogP contribution in [0.1, 0.15) is 0 Å². The Morgan fingerprint density at radius 2 is 2.50 bits per heavy atom. The van der Waals surface area contributed by atoms with Gasteiger partial charge in [0.15, 0.2) is 0 Å². The van der Waals surface area contributed by atoms with Gasteiger partial charge >= 0.3 is 0 Å². The van der Waals surface area contributed by atoms with E-state index in [1.807, 2.05) is 0 Å². The fraction of sp³-hybridized carbons (Fsp3) is 0.500. The first-order valence-electron chi connectivity index (χ1n) is 1.80. The lowest BCUT2D eigenvalue weighted by Gasteiger charge is -1.94. The van der Waals surface area contributed by atoms with Gasteiger partial charge in [-0.05, 0) is 0 Å². The number of aliphatic hydroxyl groups is 1. The zero-order valence-electron chi connectivity index (χ0n) is 3.59. The van der Waals surface area contributed by atoms with E-state index in [0.29, 0.717) is 0 Å². The van der Waals surface area contributed by atoms with E-state index in [1.54, 1.807) is 0 Å². The van der Waals surface area contributed by atoms with Gasteiger partial charge in [0, 0.05) is 6.04 Å². The second-order valence-corrected chi connectivity index (χ2v) is 1.08. The molecule has 0 aliphatic heterocycles. The fourth-order valence-corrected chi connectivity index (χ4v) is 0.0745. The van der Waals surface area contributed by atoms with Gasteiger partial charge in [-0.2, -0.15) is 0 Å². The lowest BCUT2D eigenvalue weighted by molar-refractivity contribution is 0.284. The van der Waals surface area contributed by atoms with Crippen LogP contribution in [-0.2, 0) is 0 Å². The Morgan fingerprint density at radius 3 is 2.50 bits per heavy atom. The van der Waals surface area contributed by atoms with E-state index in [-0.39, 0.29) is 12.6 Å². The summed E-state index contributed by atoms with van der Waals surface area (Å²) >= 11 is 0. The zero-order valence-corrected chi connectivity index (χ0v) is 3.59. The van der Waals surface area contributed by atoms with Crippen LogP contribution in [0.5, 0.6) is 0 Å². The predicted molar refractivity (Wildman–Crippen MR) is 25.3 cm³/mol. The number of nitrogens with two attached hydrogens (primary N) is 1. The Kier molecular flexibility index (Phi) is 2.71. The summed E-state index contributed by atoms with van der Waals surface area (Å²) in [7, 11) is 0. The minimum atomic E-state index is -0.245. The summed E-state index contributed by atoms with van der Waals surface area (Å²) in [5, 5.41) is 8.14. The minimum Gasteiger partial charge on any atom is -0.394 e. The SMILES string of the molecule is C=CC(N)CO. The Morgan fingerprint density at radius 1 is 2.00 bits per heavy atom. The molecule has 0 aromatic heterocycles. The first-order valence-corrected chi connectivity index (χ1v) is 1.80. The molecule has 0 fully saturated rings. The Labute approximate surface area is 37.3 Å². The van der Waals surface area contributed by atoms with Crippen molar-refractivity contribution in [3.63, 3.8) is 0 Å². The normalized spacial score (nSPS) is 13.7. The van der Waals surface area contributed by atoms with E-state index >= 15 is 0 Å². The van der Waals surface area contributed by atoms with E-state index in [4.69, 9.17) is 10.8 Å². The molecule has 0 heterocycles.